The van der Waals surface area contributed by atoms with E-state index in [1.54, 1.807) is 20.8 Å². The van der Waals surface area contributed by atoms with Gasteiger partial charge in [-0.05, 0) is 27.7 Å². The zero-order chi connectivity index (χ0) is 16.4. The molecule has 0 bridgehead atoms. The van der Waals surface area contributed by atoms with Crippen LogP contribution >= 0.6 is 0 Å². The number of carbonyl (C=O) groups is 1. The summed E-state index contributed by atoms with van der Waals surface area (Å²) in [5, 5.41) is 9.35. The summed E-state index contributed by atoms with van der Waals surface area (Å²) in [5.74, 6) is -0.585. The van der Waals surface area contributed by atoms with Crippen LogP contribution in [0.4, 0.5) is 0 Å². The molecule has 0 aliphatic carbocycles. The lowest BCUT2D eigenvalue weighted by atomic mass is 10.2. The summed E-state index contributed by atoms with van der Waals surface area (Å²) in [5.41, 5.74) is 0.828. The number of nitrogens with one attached hydrogen (secondary N) is 1. The third-order valence-corrected chi connectivity index (χ3v) is 5.14. The van der Waals surface area contributed by atoms with Crippen molar-refractivity contribution < 1.29 is 23.1 Å². The van der Waals surface area contributed by atoms with Crippen LogP contribution in [0.25, 0.3) is 0 Å². The number of nitrogens with zero attached hydrogens (tertiary/aromatic N) is 1. The van der Waals surface area contributed by atoms with Crippen LogP contribution in [0.15, 0.2) is 4.90 Å². The van der Waals surface area contributed by atoms with Crippen molar-refractivity contribution in [3.63, 3.8) is 0 Å². The zero-order valence-corrected chi connectivity index (χ0v) is 13.7. The van der Waals surface area contributed by atoms with Crippen molar-refractivity contribution in [2.75, 3.05) is 20.2 Å². The number of hydrogen-bond donors (Lipinski definition) is 2. The van der Waals surface area contributed by atoms with Crippen LogP contribution in [-0.4, -0.2) is 55.1 Å². The molecule has 1 atom stereocenters. The molecule has 1 heterocycles. The van der Waals surface area contributed by atoms with E-state index in [9.17, 15) is 18.3 Å². The Balaban J connectivity index is 3.28. The fourth-order valence-corrected chi connectivity index (χ4v) is 3.80. The van der Waals surface area contributed by atoms with Crippen molar-refractivity contribution in [1.29, 1.82) is 0 Å². The second-order valence-electron chi connectivity index (χ2n) is 4.93. The number of aromatic nitrogens is 1. The molecule has 0 spiro atoms. The van der Waals surface area contributed by atoms with Gasteiger partial charge in [0.2, 0.25) is 10.0 Å². The molecule has 0 aliphatic heterocycles. The van der Waals surface area contributed by atoms with Crippen LogP contribution in [0.1, 0.15) is 35.6 Å². The Kier molecular flexibility index (Phi) is 5.54. The Morgan fingerprint density at radius 3 is 2.48 bits per heavy atom. The molecule has 8 heteroatoms. The minimum atomic E-state index is -3.79. The summed E-state index contributed by atoms with van der Waals surface area (Å²) in [6.07, 6.45) is -0.783. The summed E-state index contributed by atoms with van der Waals surface area (Å²) in [6, 6.07) is 0. The van der Waals surface area contributed by atoms with Gasteiger partial charge in [-0.25, -0.2) is 13.2 Å². The van der Waals surface area contributed by atoms with Crippen LogP contribution in [-0.2, 0) is 14.8 Å². The number of carbonyl (C=O) groups excluding carboxylic acids is 1. The first-order chi connectivity index (χ1) is 9.62. The van der Waals surface area contributed by atoms with Gasteiger partial charge in [0.05, 0.1) is 12.7 Å². The van der Waals surface area contributed by atoms with E-state index in [0.29, 0.717) is 11.3 Å². The topological polar surface area (TPSA) is 99.7 Å². The maximum Gasteiger partial charge on any atom is 0.355 e. The number of likely N-dealkylation sites (N-methyl/N-ethyl adjacent to an activating group) is 1. The Bertz CT molecular complexity index is 619. The fourth-order valence-electron chi connectivity index (χ4n) is 2.15. The third kappa shape index (κ3) is 3.63. The van der Waals surface area contributed by atoms with Gasteiger partial charge in [-0.15, -0.1) is 0 Å². The van der Waals surface area contributed by atoms with Crippen LogP contribution in [0.5, 0.6) is 0 Å². The number of rotatable bonds is 6. The molecule has 2 N–H and O–H groups in total. The number of ether oxygens (including phenoxy) is 1. The minimum absolute atomic E-state index is 0.0267. The van der Waals surface area contributed by atoms with Crippen LogP contribution in [0, 0.1) is 13.8 Å². The van der Waals surface area contributed by atoms with E-state index in [4.69, 9.17) is 4.74 Å². The van der Waals surface area contributed by atoms with Crippen molar-refractivity contribution in [1.82, 2.24) is 9.29 Å². The van der Waals surface area contributed by atoms with Crippen LogP contribution in [0.2, 0.25) is 0 Å². The van der Waals surface area contributed by atoms with E-state index in [2.05, 4.69) is 4.98 Å². The van der Waals surface area contributed by atoms with Gasteiger partial charge in [-0.1, -0.05) is 0 Å². The molecule has 1 rings (SSSR count). The highest BCUT2D eigenvalue weighted by atomic mass is 32.2. The predicted molar refractivity (Wildman–Crippen MR) is 77.7 cm³/mol. The molecular formula is C13H22N2O5S. The molecule has 1 unspecified atom stereocenters. The number of hydrogen-bond acceptors (Lipinski definition) is 5. The van der Waals surface area contributed by atoms with Gasteiger partial charge < -0.3 is 14.8 Å². The van der Waals surface area contributed by atoms with Crippen LogP contribution < -0.4 is 0 Å². The van der Waals surface area contributed by atoms with Gasteiger partial charge in [0.25, 0.3) is 0 Å². The standard InChI is InChI=1S/C13H22N2O5S/c1-6-20-13(17)11-9(3)12(10(4)14-11)21(18,19)15(5)7-8(2)16/h8,14,16H,6-7H2,1-5H3. The quantitative estimate of drug-likeness (QED) is 0.756. The SMILES string of the molecule is CCOC(=O)c1[nH]c(C)c(S(=O)(=O)N(C)CC(C)O)c1C. The highest BCUT2D eigenvalue weighted by Gasteiger charge is 2.30. The zero-order valence-electron chi connectivity index (χ0n) is 12.9. The Morgan fingerprint density at radius 1 is 1.43 bits per heavy atom. The second kappa shape index (κ2) is 6.59. The van der Waals surface area contributed by atoms with Gasteiger partial charge >= 0.3 is 5.97 Å². The molecule has 1 aromatic heterocycles. The molecule has 0 amide bonds. The summed E-state index contributed by atoms with van der Waals surface area (Å²) in [7, 11) is -2.40. The molecule has 1 aromatic rings. The van der Waals surface area contributed by atoms with E-state index in [-0.39, 0.29) is 23.7 Å². The van der Waals surface area contributed by atoms with E-state index in [0.717, 1.165) is 4.31 Å². The molecule has 120 valence electrons. The number of esters is 1. The normalized spacial score (nSPS) is 13.5. The average Bonchev–Trinajstić information content (AvgIpc) is 2.64. The van der Waals surface area contributed by atoms with Crippen molar-refractivity contribution in [3.05, 3.63) is 17.0 Å². The molecule has 0 aromatic carbocycles. The minimum Gasteiger partial charge on any atom is -0.461 e. The van der Waals surface area contributed by atoms with Gasteiger partial charge in [-0.3, -0.25) is 0 Å². The Hall–Kier alpha value is -1.38. The molecule has 0 fully saturated rings. The lowest BCUT2D eigenvalue weighted by molar-refractivity contribution is 0.0519. The van der Waals surface area contributed by atoms with E-state index in [1.165, 1.54) is 14.0 Å². The summed E-state index contributed by atoms with van der Waals surface area (Å²) < 4.78 is 31.1. The molecule has 0 saturated heterocycles. The molecular weight excluding hydrogens is 296 g/mol. The summed E-state index contributed by atoms with van der Waals surface area (Å²) in [4.78, 5) is 14.6. The largest absolute Gasteiger partial charge is 0.461 e. The lowest BCUT2D eigenvalue weighted by Crippen LogP contribution is -2.33. The number of aliphatic hydroxyl groups is 1. The molecule has 7 nitrogen and oxygen atoms in total. The number of H-pyrrole nitrogens is 1. The Morgan fingerprint density at radius 2 is 2.00 bits per heavy atom. The molecule has 0 saturated carbocycles. The third-order valence-electron chi connectivity index (χ3n) is 3.04. The number of aliphatic hydroxyl groups excluding tert-OH is 1. The summed E-state index contributed by atoms with van der Waals surface area (Å²) >= 11 is 0. The van der Waals surface area contributed by atoms with E-state index in [1.807, 2.05) is 0 Å². The first kappa shape index (κ1) is 17.7. The van der Waals surface area contributed by atoms with Gasteiger partial charge in [-0.2, -0.15) is 4.31 Å². The maximum absolute atomic E-state index is 12.5. The highest BCUT2D eigenvalue weighted by Crippen LogP contribution is 2.26. The molecule has 0 radical (unpaired) electrons. The van der Waals surface area contributed by atoms with Crippen molar-refractivity contribution in [2.24, 2.45) is 0 Å². The van der Waals surface area contributed by atoms with Gasteiger partial charge in [0.15, 0.2) is 0 Å². The van der Waals surface area contributed by atoms with Crippen molar-refractivity contribution in [2.45, 2.75) is 38.7 Å². The first-order valence-corrected chi connectivity index (χ1v) is 8.07. The van der Waals surface area contributed by atoms with Gasteiger partial charge in [0.1, 0.15) is 10.6 Å². The van der Waals surface area contributed by atoms with Gasteiger partial charge in [0, 0.05) is 24.8 Å². The lowest BCUT2D eigenvalue weighted by Gasteiger charge is -2.19. The van der Waals surface area contributed by atoms with Crippen LogP contribution in [0.3, 0.4) is 0 Å². The number of aromatic amines is 1. The predicted octanol–water partition coefficient (Wildman–Crippen LogP) is 0.810. The average molecular weight is 318 g/mol. The number of aryl methyl sites for hydroxylation is 1. The monoisotopic (exact) mass is 318 g/mol. The summed E-state index contributed by atoms with van der Waals surface area (Å²) in [6.45, 7) is 6.50. The van der Waals surface area contributed by atoms with Crippen molar-refractivity contribution >= 4 is 16.0 Å². The maximum atomic E-state index is 12.5. The fraction of sp³-hybridized carbons (Fsp3) is 0.615. The second-order valence-corrected chi connectivity index (χ2v) is 6.92. The van der Waals surface area contributed by atoms with E-state index >= 15 is 0 Å². The Labute approximate surface area is 125 Å². The number of sulfonamides is 1. The molecule has 0 aliphatic rings. The molecule has 21 heavy (non-hydrogen) atoms. The smallest absolute Gasteiger partial charge is 0.355 e. The first-order valence-electron chi connectivity index (χ1n) is 6.63. The van der Waals surface area contributed by atoms with E-state index < -0.39 is 22.1 Å². The van der Waals surface area contributed by atoms with Crippen molar-refractivity contribution in [3.8, 4) is 0 Å². The highest BCUT2D eigenvalue weighted by molar-refractivity contribution is 7.89.